The van der Waals surface area contributed by atoms with Gasteiger partial charge in [0.1, 0.15) is 5.82 Å². The third kappa shape index (κ3) is 5.92. The molecule has 4 heterocycles. The van der Waals surface area contributed by atoms with Gasteiger partial charge in [-0.25, -0.2) is 9.97 Å². The summed E-state index contributed by atoms with van der Waals surface area (Å²) >= 11 is 0. The Morgan fingerprint density at radius 2 is 2.00 bits per heavy atom. The molecule has 0 bridgehead atoms. The van der Waals surface area contributed by atoms with Crippen molar-refractivity contribution in [1.82, 2.24) is 29.7 Å². The lowest BCUT2D eigenvalue weighted by Crippen LogP contribution is -2.48. The molecule has 2 unspecified atom stereocenters. The van der Waals surface area contributed by atoms with Crippen molar-refractivity contribution in [3.05, 3.63) is 42.6 Å². The van der Waals surface area contributed by atoms with Crippen molar-refractivity contribution in [2.45, 2.75) is 32.9 Å². The molecule has 0 spiro atoms. The molecule has 1 N–H and O–H groups in total. The van der Waals surface area contributed by atoms with Gasteiger partial charge in [-0.05, 0) is 36.6 Å². The number of guanidine groups is 1. The van der Waals surface area contributed by atoms with E-state index in [2.05, 4.69) is 71.7 Å². The first-order chi connectivity index (χ1) is 15.2. The average Bonchev–Trinajstić information content (AvgIpc) is 3.35. The number of likely N-dealkylation sites (tertiary alicyclic amines) is 1. The van der Waals surface area contributed by atoms with Crippen LogP contribution in [0, 0.1) is 5.92 Å². The molecule has 32 heavy (non-hydrogen) atoms. The highest BCUT2D eigenvalue weighted by molar-refractivity contribution is 14.0. The van der Waals surface area contributed by atoms with E-state index >= 15 is 0 Å². The lowest BCUT2D eigenvalue weighted by molar-refractivity contribution is 0.189. The lowest BCUT2D eigenvalue weighted by atomic mass is 9.93. The molecule has 0 radical (unpaired) electrons. The van der Waals surface area contributed by atoms with Crippen molar-refractivity contribution in [3.63, 3.8) is 0 Å². The van der Waals surface area contributed by atoms with Crippen LogP contribution in [0.1, 0.15) is 31.9 Å². The summed E-state index contributed by atoms with van der Waals surface area (Å²) in [7, 11) is 1.87. The van der Waals surface area contributed by atoms with Crippen LogP contribution in [-0.2, 0) is 6.54 Å². The molecule has 8 nitrogen and oxygen atoms in total. The summed E-state index contributed by atoms with van der Waals surface area (Å²) in [6.07, 6.45) is 8.94. The maximum atomic E-state index is 4.63. The van der Waals surface area contributed by atoms with Gasteiger partial charge in [0, 0.05) is 71.5 Å². The Morgan fingerprint density at radius 3 is 2.69 bits per heavy atom. The number of aromatic nitrogens is 3. The minimum atomic E-state index is 0. The monoisotopic (exact) mass is 552 g/mol. The largest absolute Gasteiger partial charge is 0.354 e. The second kappa shape index (κ2) is 11.8. The molecule has 2 aliphatic heterocycles. The highest BCUT2D eigenvalue weighted by Crippen LogP contribution is 2.27. The molecular formula is C23H37IN8. The lowest BCUT2D eigenvalue weighted by Gasteiger charge is -2.39. The van der Waals surface area contributed by atoms with Crippen LogP contribution < -0.4 is 10.2 Å². The molecular weight excluding hydrogens is 515 g/mol. The number of imidazole rings is 1. The van der Waals surface area contributed by atoms with Gasteiger partial charge in [-0.1, -0.05) is 13.8 Å². The summed E-state index contributed by atoms with van der Waals surface area (Å²) in [6.45, 7) is 12.7. The van der Waals surface area contributed by atoms with E-state index < -0.39 is 0 Å². The van der Waals surface area contributed by atoms with Gasteiger partial charge >= 0.3 is 0 Å². The average molecular weight is 553 g/mol. The Kier molecular flexibility index (Phi) is 9.15. The van der Waals surface area contributed by atoms with Gasteiger partial charge in [0.25, 0.3) is 0 Å². The zero-order valence-electron chi connectivity index (χ0n) is 19.5. The highest BCUT2D eigenvalue weighted by atomic mass is 127. The van der Waals surface area contributed by atoms with Gasteiger partial charge < -0.3 is 24.6 Å². The Bertz CT molecular complexity index is 847. The molecule has 2 aromatic rings. The number of nitrogens with zero attached hydrogens (tertiary/aromatic N) is 7. The van der Waals surface area contributed by atoms with Gasteiger partial charge in [-0.2, -0.15) is 0 Å². The highest BCUT2D eigenvalue weighted by Gasteiger charge is 2.28. The number of aliphatic imine (C=N–C) groups is 1. The van der Waals surface area contributed by atoms with E-state index in [-0.39, 0.29) is 24.0 Å². The Labute approximate surface area is 209 Å². The van der Waals surface area contributed by atoms with Crippen molar-refractivity contribution >= 4 is 35.8 Å². The van der Waals surface area contributed by atoms with Crippen LogP contribution >= 0.6 is 24.0 Å². The van der Waals surface area contributed by atoms with Gasteiger partial charge in [-0.15, -0.1) is 24.0 Å². The second-order valence-electron chi connectivity index (χ2n) is 8.63. The molecule has 2 aromatic heterocycles. The zero-order chi connectivity index (χ0) is 21.6. The summed E-state index contributed by atoms with van der Waals surface area (Å²) in [5, 5.41) is 3.58. The van der Waals surface area contributed by atoms with Crippen LogP contribution in [0.15, 0.2) is 42.0 Å². The predicted octanol–water partition coefficient (Wildman–Crippen LogP) is 2.70. The van der Waals surface area contributed by atoms with E-state index in [9.17, 15) is 0 Å². The molecule has 0 amide bonds. The number of piperidine rings is 1. The Hall–Kier alpha value is -1.88. The minimum absolute atomic E-state index is 0. The zero-order valence-corrected chi connectivity index (χ0v) is 21.9. The van der Waals surface area contributed by atoms with Crippen LogP contribution in [0.5, 0.6) is 0 Å². The first-order valence-electron chi connectivity index (χ1n) is 11.5. The number of hydrogen-bond donors (Lipinski definition) is 1. The topological polar surface area (TPSA) is 64.8 Å². The van der Waals surface area contributed by atoms with E-state index in [1.807, 2.05) is 25.8 Å². The number of pyridine rings is 1. The number of hydrogen-bond acceptors (Lipinski definition) is 5. The number of rotatable bonds is 5. The Morgan fingerprint density at radius 1 is 1.19 bits per heavy atom. The maximum absolute atomic E-state index is 4.63. The van der Waals surface area contributed by atoms with Crippen molar-refractivity contribution in [1.29, 1.82) is 0 Å². The first kappa shape index (κ1) is 24.8. The fraction of sp³-hybridized carbons (Fsp3) is 0.609. The quantitative estimate of drug-likeness (QED) is 0.350. The van der Waals surface area contributed by atoms with E-state index in [1.54, 1.807) is 0 Å². The molecule has 4 rings (SSSR count). The molecule has 2 fully saturated rings. The van der Waals surface area contributed by atoms with Gasteiger partial charge in [-0.3, -0.25) is 4.99 Å². The van der Waals surface area contributed by atoms with Crippen LogP contribution in [-0.4, -0.2) is 83.2 Å². The molecule has 0 saturated carbocycles. The molecule has 2 saturated heterocycles. The smallest absolute Gasteiger partial charge is 0.193 e. The molecule has 9 heteroatoms. The first-order valence-corrected chi connectivity index (χ1v) is 11.5. The van der Waals surface area contributed by atoms with Crippen molar-refractivity contribution in [2.75, 3.05) is 57.8 Å². The molecule has 0 aromatic carbocycles. The fourth-order valence-electron chi connectivity index (χ4n) is 4.65. The summed E-state index contributed by atoms with van der Waals surface area (Å²) in [5.74, 6) is 2.67. The van der Waals surface area contributed by atoms with Gasteiger partial charge in [0.15, 0.2) is 5.96 Å². The van der Waals surface area contributed by atoms with Gasteiger partial charge in [0.2, 0.25) is 0 Å². The number of halogens is 1. The van der Waals surface area contributed by atoms with E-state index in [1.165, 1.54) is 5.56 Å². The van der Waals surface area contributed by atoms with Crippen LogP contribution in [0.4, 0.5) is 5.82 Å². The van der Waals surface area contributed by atoms with Crippen molar-refractivity contribution in [3.8, 4) is 0 Å². The summed E-state index contributed by atoms with van der Waals surface area (Å²) < 4.78 is 2.23. The number of anilines is 1. The number of nitrogens with one attached hydrogen (secondary N) is 1. The molecule has 176 valence electrons. The summed E-state index contributed by atoms with van der Waals surface area (Å²) in [6, 6.07) is 4.73. The number of likely N-dealkylation sites (N-methyl/N-ethyl adjacent to an activating group) is 1. The molecule has 2 atom stereocenters. The molecule has 2 aliphatic rings. The normalized spacial score (nSPS) is 22.5. The van der Waals surface area contributed by atoms with Crippen LogP contribution in [0.25, 0.3) is 0 Å². The maximum Gasteiger partial charge on any atom is 0.193 e. The third-order valence-corrected chi connectivity index (χ3v) is 6.74. The van der Waals surface area contributed by atoms with Crippen molar-refractivity contribution in [2.24, 2.45) is 10.9 Å². The molecule has 0 aliphatic carbocycles. The van der Waals surface area contributed by atoms with Gasteiger partial charge in [0.05, 0.1) is 12.4 Å². The summed E-state index contributed by atoms with van der Waals surface area (Å²) in [5.41, 5.74) is 1.24. The third-order valence-electron chi connectivity index (χ3n) is 6.74. The minimum Gasteiger partial charge on any atom is -0.354 e. The second-order valence-corrected chi connectivity index (χ2v) is 8.63. The number of piperazine rings is 1. The van der Waals surface area contributed by atoms with E-state index in [0.717, 1.165) is 70.6 Å². The van der Waals surface area contributed by atoms with Crippen LogP contribution in [0.2, 0.25) is 0 Å². The standard InChI is InChI=1S/C23H36N8.HI/c1-4-28-11-13-29(14-12-28)22-15-20(5-7-26-22)16-27-23(24-3)30-9-6-19(2)21(17-30)31-10-8-25-18-31;/h5,7-8,10,15,18-19,21H,4,6,9,11-14,16-17H2,1-3H3,(H,24,27);1H. The van der Waals surface area contributed by atoms with E-state index in [0.29, 0.717) is 12.0 Å². The fourth-order valence-corrected chi connectivity index (χ4v) is 4.65. The predicted molar refractivity (Wildman–Crippen MR) is 141 cm³/mol. The Balaban J connectivity index is 0.00000289. The summed E-state index contributed by atoms with van der Waals surface area (Å²) in [4.78, 5) is 20.7. The SMILES string of the molecule is CCN1CCN(c2cc(CNC(=NC)N3CCC(C)C(n4ccnc4)C3)ccn2)CC1.I. The van der Waals surface area contributed by atoms with Crippen LogP contribution in [0.3, 0.4) is 0 Å². The van der Waals surface area contributed by atoms with E-state index in [4.69, 9.17) is 0 Å². The van der Waals surface area contributed by atoms with Crippen molar-refractivity contribution < 1.29 is 0 Å².